The molecule has 1 aromatic heterocycles. The fourth-order valence-electron chi connectivity index (χ4n) is 3.92. The van der Waals surface area contributed by atoms with E-state index in [0.717, 1.165) is 18.4 Å². The lowest BCUT2D eigenvalue weighted by atomic mass is 10.2. The number of ether oxygens (including phenoxy) is 1. The summed E-state index contributed by atoms with van der Waals surface area (Å²) in [6, 6.07) is 14.1. The average molecular weight is 516 g/mol. The van der Waals surface area contributed by atoms with Crippen LogP contribution in [0.4, 0.5) is 5.69 Å². The van der Waals surface area contributed by atoms with Crippen LogP contribution in [0, 0.1) is 0 Å². The van der Waals surface area contributed by atoms with E-state index in [1.54, 1.807) is 30.3 Å². The third-order valence-electron chi connectivity index (χ3n) is 5.64. The highest BCUT2D eigenvalue weighted by molar-refractivity contribution is 7.99. The number of hydrogen-bond donors (Lipinski definition) is 1. The van der Waals surface area contributed by atoms with Gasteiger partial charge in [-0.15, -0.1) is 10.2 Å². The van der Waals surface area contributed by atoms with E-state index in [9.17, 15) is 13.2 Å². The number of sulfonamides is 1. The Bertz CT molecular complexity index is 1270. The Labute approximate surface area is 209 Å². The van der Waals surface area contributed by atoms with Gasteiger partial charge >= 0.3 is 0 Å². The molecule has 1 fully saturated rings. The minimum absolute atomic E-state index is 0.158. The Balaban J connectivity index is 1.44. The fourth-order valence-corrected chi connectivity index (χ4v) is 6.23. The lowest BCUT2D eigenvalue weighted by Crippen LogP contribution is -2.27. The molecule has 3 aromatic rings. The first-order valence-electron chi connectivity index (χ1n) is 11.6. The maximum atomic E-state index is 12.8. The molecule has 0 spiro atoms. The van der Waals surface area contributed by atoms with E-state index in [-0.39, 0.29) is 16.6 Å². The number of nitrogens with zero attached hydrogens (tertiary/aromatic N) is 4. The molecule has 1 amide bonds. The van der Waals surface area contributed by atoms with Gasteiger partial charge in [-0.05, 0) is 63.1 Å². The summed E-state index contributed by atoms with van der Waals surface area (Å²) in [5, 5.41) is 12.1. The van der Waals surface area contributed by atoms with Crippen molar-refractivity contribution in [2.45, 2.75) is 43.3 Å². The van der Waals surface area contributed by atoms with Crippen LogP contribution in [-0.4, -0.2) is 58.8 Å². The SMILES string of the molecule is CCOc1ccccc1NC(=O)CSc1nnc(-c2ccc(S(=O)(=O)N3CCCC3)cc2)n1CC. The van der Waals surface area contributed by atoms with Crippen molar-refractivity contribution < 1.29 is 17.9 Å². The third-order valence-corrected chi connectivity index (χ3v) is 8.52. The molecular weight excluding hydrogens is 486 g/mol. The summed E-state index contributed by atoms with van der Waals surface area (Å²) in [5.74, 6) is 1.24. The van der Waals surface area contributed by atoms with Gasteiger partial charge in [-0.25, -0.2) is 8.42 Å². The number of rotatable bonds is 10. The van der Waals surface area contributed by atoms with Crippen LogP contribution in [0.25, 0.3) is 11.4 Å². The molecule has 1 aliphatic rings. The minimum atomic E-state index is -3.47. The van der Waals surface area contributed by atoms with Crippen LogP contribution in [0.3, 0.4) is 0 Å². The van der Waals surface area contributed by atoms with Crippen LogP contribution < -0.4 is 10.1 Å². The lowest BCUT2D eigenvalue weighted by molar-refractivity contribution is -0.113. The Kier molecular flexibility index (Phi) is 8.09. The van der Waals surface area contributed by atoms with Crippen molar-refractivity contribution >= 4 is 33.4 Å². The summed E-state index contributed by atoms with van der Waals surface area (Å²) >= 11 is 1.29. The second kappa shape index (κ2) is 11.2. The molecule has 0 atom stereocenters. The molecule has 0 saturated carbocycles. The molecule has 0 aliphatic carbocycles. The number of anilines is 1. The maximum absolute atomic E-state index is 12.8. The molecule has 2 aromatic carbocycles. The third kappa shape index (κ3) is 5.68. The van der Waals surface area contributed by atoms with Gasteiger partial charge < -0.3 is 14.6 Å². The second-order valence-corrected chi connectivity index (χ2v) is 10.8. The number of carbonyl (C=O) groups is 1. The molecule has 0 unspecified atom stereocenters. The van der Waals surface area contributed by atoms with E-state index in [1.807, 2.05) is 36.6 Å². The summed E-state index contributed by atoms with van der Waals surface area (Å²) in [4.78, 5) is 12.8. The van der Waals surface area contributed by atoms with E-state index < -0.39 is 10.0 Å². The van der Waals surface area contributed by atoms with Gasteiger partial charge in [0.25, 0.3) is 0 Å². The van der Waals surface area contributed by atoms with E-state index in [2.05, 4.69) is 15.5 Å². The van der Waals surface area contributed by atoms with Crippen LogP contribution in [0.15, 0.2) is 58.6 Å². The molecule has 0 radical (unpaired) electrons. The number of thioether (sulfide) groups is 1. The van der Waals surface area contributed by atoms with Crippen molar-refractivity contribution in [2.75, 3.05) is 30.8 Å². The topological polar surface area (TPSA) is 106 Å². The maximum Gasteiger partial charge on any atom is 0.243 e. The highest BCUT2D eigenvalue weighted by atomic mass is 32.2. The largest absolute Gasteiger partial charge is 0.492 e. The van der Waals surface area contributed by atoms with Crippen LogP contribution >= 0.6 is 11.8 Å². The van der Waals surface area contributed by atoms with Gasteiger partial charge in [-0.3, -0.25) is 4.79 Å². The number of amides is 1. The molecule has 186 valence electrons. The molecule has 0 bridgehead atoms. The van der Waals surface area contributed by atoms with Crippen molar-refractivity contribution in [1.82, 2.24) is 19.1 Å². The Hall–Kier alpha value is -2.89. The summed E-state index contributed by atoms with van der Waals surface area (Å²) in [6.07, 6.45) is 1.79. The molecule has 4 rings (SSSR count). The van der Waals surface area contributed by atoms with Crippen LogP contribution in [0.5, 0.6) is 5.75 Å². The number of hydrogen-bond acceptors (Lipinski definition) is 7. The molecule has 11 heteroatoms. The summed E-state index contributed by atoms with van der Waals surface area (Å²) < 4.78 is 34.6. The zero-order valence-corrected chi connectivity index (χ0v) is 21.4. The van der Waals surface area contributed by atoms with Gasteiger partial charge in [0.1, 0.15) is 5.75 Å². The summed E-state index contributed by atoms with van der Waals surface area (Å²) in [7, 11) is -3.47. The zero-order valence-electron chi connectivity index (χ0n) is 19.8. The van der Waals surface area contributed by atoms with Crippen molar-refractivity contribution in [3.05, 3.63) is 48.5 Å². The minimum Gasteiger partial charge on any atom is -0.492 e. The number of carbonyl (C=O) groups excluding carboxylic acids is 1. The van der Waals surface area contributed by atoms with Crippen molar-refractivity contribution in [3.8, 4) is 17.1 Å². The van der Waals surface area contributed by atoms with Gasteiger partial charge in [-0.2, -0.15) is 4.31 Å². The molecular formula is C24H29N5O4S2. The molecule has 2 heterocycles. The zero-order chi connectivity index (χ0) is 24.8. The highest BCUT2D eigenvalue weighted by Crippen LogP contribution is 2.28. The molecule has 35 heavy (non-hydrogen) atoms. The fraction of sp³-hybridized carbons (Fsp3) is 0.375. The Morgan fingerprint density at radius 3 is 2.46 bits per heavy atom. The normalized spacial score (nSPS) is 14.2. The van der Waals surface area contributed by atoms with Crippen molar-refractivity contribution in [3.63, 3.8) is 0 Å². The molecule has 1 N–H and O–H groups in total. The summed E-state index contributed by atoms with van der Waals surface area (Å²) in [5.41, 5.74) is 1.39. The average Bonchev–Trinajstić information content (AvgIpc) is 3.55. The molecule has 9 nitrogen and oxygen atoms in total. The second-order valence-electron chi connectivity index (χ2n) is 7.95. The molecule has 1 saturated heterocycles. The van der Waals surface area contributed by atoms with Crippen molar-refractivity contribution in [2.24, 2.45) is 0 Å². The van der Waals surface area contributed by atoms with Crippen LogP contribution in [0.1, 0.15) is 26.7 Å². The molecule has 1 aliphatic heterocycles. The monoisotopic (exact) mass is 515 g/mol. The van der Waals surface area contributed by atoms with E-state index >= 15 is 0 Å². The summed E-state index contributed by atoms with van der Waals surface area (Å²) in [6.45, 7) is 6.12. The quantitative estimate of drug-likeness (QED) is 0.409. The number of aromatic nitrogens is 3. The van der Waals surface area contributed by atoms with Crippen molar-refractivity contribution in [1.29, 1.82) is 0 Å². The van der Waals surface area contributed by atoms with E-state index in [0.29, 0.717) is 48.7 Å². The first-order valence-corrected chi connectivity index (χ1v) is 14.0. The smallest absolute Gasteiger partial charge is 0.243 e. The number of para-hydroxylation sites is 2. The Morgan fingerprint density at radius 2 is 1.77 bits per heavy atom. The van der Waals surface area contributed by atoms with Gasteiger partial charge in [0.2, 0.25) is 15.9 Å². The van der Waals surface area contributed by atoms with E-state index in [4.69, 9.17) is 4.74 Å². The predicted octanol–water partition coefficient (Wildman–Crippen LogP) is 3.88. The number of nitrogens with one attached hydrogen (secondary N) is 1. The lowest BCUT2D eigenvalue weighted by Gasteiger charge is -2.15. The standard InChI is InChI=1S/C24H29N5O4S2/c1-3-29-23(18-11-13-19(14-12-18)35(31,32)28-15-7-8-16-28)26-27-24(29)34-17-22(30)25-20-9-5-6-10-21(20)33-4-2/h5-6,9-14H,3-4,7-8,15-17H2,1-2H3,(H,25,30). The van der Waals surface area contributed by atoms with Gasteiger partial charge in [0, 0.05) is 25.2 Å². The first kappa shape index (κ1) is 25.2. The van der Waals surface area contributed by atoms with Gasteiger partial charge in [0.15, 0.2) is 11.0 Å². The first-order chi connectivity index (χ1) is 16.9. The van der Waals surface area contributed by atoms with Gasteiger partial charge in [-0.1, -0.05) is 23.9 Å². The van der Waals surface area contributed by atoms with Crippen LogP contribution in [0.2, 0.25) is 0 Å². The Morgan fingerprint density at radius 1 is 1.06 bits per heavy atom. The predicted molar refractivity (Wildman–Crippen MR) is 136 cm³/mol. The van der Waals surface area contributed by atoms with Gasteiger partial charge in [0.05, 0.1) is 22.9 Å². The number of benzene rings is 2. The van der Waals surface area contributed by atoms with Crippen LogP contribution in [-0.2, 0) is 21.4 Å². The highest BCUT2D eigenvalue weighted by Gasteiger charge is 2.27. The van der Waals surface area contributed by atoms with E-state index in [1.165, 1.54) is 16.1 Å².